The van der Waals surface area contributed by atoms with E-state index in [0.717, 1.165) is 6.42 Å². The Bertz CT molecular complexity index is 380. The molecule has 0 aromatic carbocycles. The molecule has 2 amide bonds. The molecule has 0 aromatic rings. The molecule has 1 saturated heterocycles. The molecule has 1 heterocycles. The molecule has 120 valence electrons. The summed E-state index contributed by atoms with van der Waals surface area (Å²) in [6.07, 6.45) is 4.78. The summed E-state index contributed by atoms with van der Waals surface area (Å²) in [7, 11) is 1.92. The third-order valence-electron chi connectivity index (χ3n) is 4.87. The van der Waals surface area contributed by atoms with Gasteiger partial charge in [0.25, 0.3) is 0 Å². The summed E-state index contributed by atoms with van der Waals surface area (Å²) in [5, 5.41) is 8.80. The number of rotatable bonds is 3. The van der Waals surface area contributed by atoms with Crippen molar-refractivity contribution in [3.8, 4) is 0 Å². The molecule has 2 rings (SSSR count). The maximum absolute atomic E-state index is 12.6. The van der Waals surface area contributed by atoms with Gasteiger partial charge in [0, 0.05) is 39.3 Å². The van der Waals surface area contributed by atoms with E-state index in [1.165, 1.54) is 19.3 Å². The highest BCUT2D eigenvalue weighted by Gasteiger charge is 2.31. The largest absolute Gasteiger partial charge is 0.480 e. The predicted octanol–water partition coefficient (Wildman–Crippen LogP) is 1.32. The molecule has 6 heteroatoms. The van der Waals surface area contributed by atoms with Gasteiger partial charge in [-0.25, -0.2) is 4.79 Å². The van der Waals surface area contributed by atoms with E-state index in [-0.39, 0.29) is 12.6 Å². The fourth-order valence-electron chi connectivity index (χ4n) is 3.53. The predicted molar refractivity (Wildman–Crippen MR) is 80.2 cm³/mol. The summed E-state index contributed by atoms with van der Waals surface area (Å²) in [5.74, 6) is -0.232. The Kier molecular flexibility index (Phi) is 5.45. The topological polar surface area (TPSA) is 64.1 Å². The number of urea groups is 1. The number of carboxylic acids is 1. The van der Waals surface area contributed by atoms with Gasteiger partial charge in [-0.1, -0.05) is 19.8 Å². The summed E-state index contributed by atoms with van der Waals surface area (Å²) >= 11 is 0. The molecular formula is C15H27N3O3. The number of carbonyl (C=O) groups is 2. The minimum Gasteiger partial charge on any atom is -0.480 e. The van der Waals surface area contributed by atoms with Crippen molar-refractivity contribution in [2.24, 2.45) is 5.92 Å². The first kappa shape index (κ1) is 16.1. The molecule has 1 N–H and O–H groups in total. The third kappa shape index (κ3) is 4.09. The highest BCUT2D eigenvalue weighted by Crippen LogP contribution is 2.28. The van der Waals surface area contributed by atoms with Crippen LogP contribution in [-0.4, -0.2) is 77.6 Å². The molecule has 1 saturated carbocycles. The number of piperazine rings is 1. The molecule has 2 atom stereocenters. The zero-order valence-corrected chi connectivity index (χ0v) is 13.1. The second-order valence-corrected chi connectivity index (χ2v) is 6.38. The second kappa shape index (κ2) is 7.11. The number of carbonyl (C=O) groups excluding carboxylic acids is 1. The summed E-state index contributed by atoms with van der Waals surface area (Å²) in [5.41, 5.74) is 0. The first-order chi connectivity index (χ1) is 9.99. The van der Waals surface area contributed by atoms with E-state index in [9.17, 15) is 9.59 Å². The van der Waals surface area contributed by atoms with Crippen LogP contribution >= 0.6 is 0 Å². The van der Waals surface area contributed by atoms with Crippen LogP contribution in [0.3, 0.4) is 0 Å². The lowest BCUT2D eigenvalue weighted by Crippen LogP contribution is -2.55. The van der Waals surface area contributed by atoms with Gasteiger partial charge >= 0.3 is 12.0 Å². The normalized spacial score (nSPS) is 27.4. The van der Waals surface area contributed by atoms with Gasteiger partial charge in [0.05, 0.1) is 6.54 Å². The van der Waals surface area contributed by atoms with Crippen LogP contribution in [0.25, 0.3) is 0 Å². The minimum atomic E-state index is -0.803. The minimum absolute atomic E-state index is 0.0670. The van der Waals surface area contributed by atoms with E-state index in [4.69, 9.17) is 5.11 Å². The van der Waals surface area contributed by atoms with Crippen molar-refractivity contribution in [1.29, 1.82) is 0 Å². The fourth-order valence-corrected chi connectivity index (χ4v) is 3.53. The third-order valence-corrected chi connectivity index (χ3v) is 4.87. The number of hydrogen-bond acceptors (Lipinski definition) is 3. The van der Waals surface area contributed by atoms with Crippen molar-refractivity contribution in [3.63, 3.8) is 0 Å². The zero-order chi connectivity index (χ0) is 15.4. The Morgan fingerprint density at radius 3 is 2.33 bits per heavy atom. The molecule has 1 aliphatic heterocycles. The quantitative estimate of drug-likeness (QED) is 0.853. The van der Waals surface area contributed by atoms with E-state index < -0.39 is 5.97 Å². The van der Waals surface area contributed by atoms with Crippen molar-refractivity contribution >= 4 is 12.0 Å². The number of amides is 2. The van der Waals surface area contributed by atoms with Gasteiger partial charge in [0.1, 0.15) is 0 Å². The summed E-state index contributed by atoms with van der Waals surface area (Å²) in [6, 6.07) is 0.451. The molecular weight excluding hydrogens is 270 g/mol. The van der Waals surface area contributed by atoms with Crippen LogP contribution in [0.5, 0.6) is 0 Å². The van der Waals surface area contributed by atoms with Crippen LogP contribution in [-0.2, 0) is 4.79 Å². The number of carboxylic acid groups (broad SMARTS) is 1. The number of aliphatic carboxylic acids is 1. The Morgan fingerprint density at radius 1 is 1.14 bits per heavy atom. The van der Waals surface area contributed by atoms with Gasteiger partial charge in [-0.2, -0.15) is 0 Å². The van der Waals surface area contributed by atoms with Crippen molar-refractivity contribution in [1.82, 2.24) is 14.7 Å². The standard InChI is InChI=1S/C15H27N3O3/c1-12-5-3-4-6-13(12)16(2)15(21)18-9-7-17(8-10-18)11-14(19)20/h12-13H,3-11H2,1-2H3,(H,19,20). The van der Waals surface area contributed by atoms with Crippen LogP contribution < -0.4 is 0 Å². The summed E-state index contributed by atoms with van der Waals surface area (Å²) in [4.78, 5) is 29.0. The van der Waals surface area contributed by atoms with E-state index >= 15 is 0 Å². The molecule has 21 heavy (non-hydrogen) atoms. The van der Waals surface area contributed by atoms with E-state index in [0.29, 0.717) is 38.1 Å². The molecule has 0 radical (unpaired) electrons. The van der Waals surface area contributed by atoms with Gasteiger partial charge in [0.15, 0.2) is 0 Å². The van der Waals surface area contributed by atoms with E-state index in [2.05, 4.69) is 6.92 Å². The van der Waals surface area contributed by atoms with Gasteiger partial charge in [0.2, 0.25) is 0 Å². The average Bonchev–Trinajstić information content (AvgIpc) is 2.46. The lowest BCUT2D eigenvalue weighted by Gasteiger charge is -2.41. The second-order valence-electron chi connectivity index (χ2n) is 6.38. The Balaban J connectivity index is 1.84. The zero-order valence-electron chi connectivity index (χ0n) is 13.1. The number of hydrogen-bond donors (Lipinski definition) is 1. The lowest BCUT2D eigenvalue weighted by molar-refractivity contribution is -0.138. The molecule has 2 fully saturated rings. The Morgan fingerprint density at radius 2 is 1.76 bits per heavy atom. The smallest absolute Gasteiger partial charge is 0.320 e. The molecule has 0 aromatic heterocycles. The molecule has 2 unspecified atom stereocenters. The van der Waals surface area contributed by atoms with Crippen LogP contribution in [0.2, 0.25) is 0 Å². The SMILES string of the molecule is CC1CCCCC1N(C)C(=O)N1CCN(CC(=O)O)CC1. The van der Waals surface area contributed by atoms with Crippen LogP contribution in [0.4, 0.5) is 4.79 Å². The lowest BCUT2D eigenvalue weighted by atomic mass is 9.85. The fraction of sp³-hybridized carbons (Fsp3) is 0.867. The molecule has 2 aliphatic rings. The Hall–Kier alpha value is -1.30. The van der Waals surface area contributed by atoms with Crippen molar-refractivity contribution in [2.45, 2.75) is 38.6 Å². The average molecular weight is 297 g/mol. The van der Waals surface area contributed by atoms with Crippen LogP contribution in [0.1, 0.15) is 32.6 Å². The van der Waals surface area contributed by atoms with E-state index in [1.807, 2.05) is 21.7 Å². The molecule has 0 bridgehead atoms. The molecule has 6 nitrogen and oxygen atoms in total. The highest BCUT2D eigenvalue weighted by atomic mass is 16.4. The van der Waals surface area contributed by atoms with Crippen molar-refractivity contribution in [3.05, 3.63) is 0 Å². The van der Waals surface area contributed by atoms with Crippen LogP contribution in [0.15, 0.2) is 0 Å². The summed E-state index contributed by atoms with van der Waals surface area (Å²) in [6.45, 7) is 4.84. The number of nitrogens with zero attached hydrogens (tertiary/aromatic N) is 3. The van der Waals surface area contributed by atoms with Gasteiger partial charge in [-0.15, -0.1) is 0 Å². The van der Waals surface area contributed by atoms with E-state index in [1.54, 1.807) is 0 Å². The first-order valence-corrected chi connectivity index (χ1v) is 7.95. The monoisotopic (exact) mass is 297 g/mol. The maximum atomic E-state index is 12.6. The van der Waals surface area contributed by atoms with Gasteiger partial charge in [-0.05, 0) is 18.8 Å². The highest BCUT2D eigenvalue weighted by molar-refractivity contribution is 5.75. The van der Waals surface area contributed by atoms with Crippen LogP contribution in [0, 0.1) is 5.92 Å². The Labute approximate surface area is 126 Å². The first-order valence-electron chi connectivity index (χ1n) is 7.95. The van der Waals surface area contributed by atoms with Crippen molar-refractivity contribution < 1.29 is 14.7 Å². The van der Waals surface area contributed by atoms with Gasteiger partial charge in [-0.3, -0.25) is 9.69 Å². The molecule has 1 aliphatic carbocycles. The van der Waals surface area contributed by atoms with Gasteiger partial charge < -0.3 is 14.9 Å². The van der Waals surface area contributed by atoms with Crippen molar-refractivity contribution in [2.75, 3.05) is 39.8 Å². The maximum Gasteiger partial charge on any atom is 0.320 e. The molecule has 0 spiro atoms. The summed E-state index contributed by atoms with van der Waals surface area (Å²) < 4.78 is 0.